The van der Waals surface area contributed by atoms with E-state index in [9.17, 15) is 62.1 Å². The zero-order valence-corrected chi connectivity index (χ0v) is 56.8. The highest BCUT2D eigenvalue weighted by molar-refractivity contribution is 5.92. The number of amides is 6. The highest BCUT2D eigenvalue weighted by Crippen LogP contribution is 2.31. The zero-order valence-electron chi connectivity index (χ0n) is 56.8. The molecule has 23 heteroatoms. The van der Waals surface area contributed by atoms with E-state index in [0.29, 0.717) is 77.7 Å². The first-order valence-electron chi connectivity index (χ1n) is 34.5. The number of alkyl halides is 2. The maximum atomic E-state index is 12.9. The van der Waals surface area contributed by atoms with Crippen LogP contribution in [0, 0.1) is 18.8 Å². The largest absolute Gasteiger partial charge is 0.480 e. The topological polar surface area (TPSA) is 253 Å². The molecule has 4 fully saturated rings. The summed E-state index contributed by atoms with van der Waals surface area (Å²) in [5, 5.41) is 27.4. The van der Waals surface area contributed by atoms with Crippen LogP contribution in [0.15, 0.2) is 42.5 Å². The second-order valence-corrected chi connectivity index (χ2v) is 25.8. The smallest absolute Gasteiger partial charge is 0.317 e. The van der Waals surface area contributed by atoms with E-state index in [1.807, 2.05) is 40.4 Å². The number of hydrogen-bond acceptors (Lipinski definition) is 13. The average Bonchev–Trinajstić information content (AvgIpc) is 1.72. The van der Waals surface area contributed by atoms with Gasteiger partial charge in [0.15, 0.2) is 0 Å². The van der Waals surface area contributed by atoms with Crippen LogP contribution in [0.2, 0.25) is 0 Å². The van der Waals surface area contributed by atoms with Crippen LogP contribution in [-0.4, -0.2) is 228 Å². The van der Waals surface area contributed by atoms with Crippen molar-refractivity contribution in [2.45, 2.75) is 195 Å². The van der Waals surface area contributed by atoms with Crippen molar-refractivity contribution in [3.8, 4) is 0 Å². The van der Waals surface area contributed by atoms with Crippen LogP contribution in [0.3, 0.4) is 0 Å². The Balaban J connectivity index is 0.000000377. The van der Waals surface area contributed by atoms with Gasteiger partial charge in [-0.1, -0.05) is 114 Å². The first-order valence-corrected chi connectivity index (χ1v) is 34.5. The molecule has 0 aliphatic carbocycles. The number of fused-ring (bicyclic) bond motifs is 1. The number of aldehydes is 1. The number of likely N-dealkylation sites (tertiary alicyclic amines) is 2. The van der Waals surface area contributed by atoms with Gasteiger partial charge in [0.2, 0.25) is 35.9 Å². The van der Waals surface area contributed by atoms with E-state index < -0.39 is 30.4 Å². The van der Waals surface area contributed by atoms with Gasteiger partial charge in [-0.05, 0) is 106 Å². The number of aryl methyl sites for hydroxylation is 2. The summed E-state index contributed by atoms with van der Waals surface area (Å²) in [6, 6.07) is 14.8. The third-order valence-electron chi connectivity index (χ3n) is 18.1. The highest BCUT2D eigenvalue weighted by Gasteiger charge is 2.44. The van der Waals surface area contributed by atoms with Gasteiger partial charge in [0.05, 0.1) is 32.7 Å². The normalized spacial score (nSPS) is 19.4. The summed E-state index contributed by atoms with van der Waals surface area (Å²) >= 11 is 0. The number of carboxylic acids is 2. The number of carboxylic acid groups (broad SMARTS) is 2. The van der Waals surface area contributed by atoms with Gasteiger partial charge in [0.25, 0.3) is 5.92 Å². The third-order valence-corrected chi connectivity index (χ3v) is 18.1. The van der Waals surface area contributed by atoms with E-state index in [1.54, 1.807) is 23.6 Å². The molecule has 522 valence electrons. The molecule has 0 saturated carbocycles. The fourth-order valence-electron chi connectivity index (χ4n) is 12.4. The SMILES string of the molecule is CC.CC(=O)N1Cc2cccc(CC3CCN(C=O)CC3)c2C1.CC1CC(C(=O)N2CCC(F)(F)C2)NC1=O.Cc1ccc(CCCCCCCCCCCC(=O)NC(C)CCCCNC(=O)CN2CCN(CC=O)CCN(CC(=O)O)CCN(CC(=O)O)CC2)cc1. The molecule has 0 bridgehead atoms. The summed E-state index contributed by atoms with van der Waals surface area (Å²) in [6.45, 7) is 18.5. The standard InChI is InChI=1S/C41H70N6O7.C17H22N2O2.C10H14F2N2O2.C2H6/c1-35-17-19-37(20-18-35)15-10-8-6-4-3-5-7-9-11-16-38(49)43-36(2)14-12-13-21-42-39(50)32-45-24-22-44(30-31-48)23-25-46(33-40(51)52)28-29-47(27-26-45)34-41(53)54;1-13(21)19-10-16-4-2-3-15(17(16)11-19)9-14-5-7-18(12-20)8-6-14;1-6-4-7(13-8(6)15)9(16)14-3-2-10(11,12)5-14;1-2/h17-20,31,36H,3-16,21-30,32-34H2,1-2H3,(H,42,50)(H,43,49)(H,51,52)(H,53,54);2-4,12,14H,5-11H2,1H3;6-7H,2-5H2,1H3,(H,13,15);1-2H3. The third kappa shape index (κ3) is 31.6. The highest BCUT2D eigenvalue weighted by atomic mass is 19.3. The van der Waals surface area contributed by atoms with Crippen LogP contribution in [0.25, 0.3) is 0 Å². The van der Waals surface area contributed by atoms with E-state index >= 15 is 0 Å². The summed E-state index contributed by atoms with van der Waals surface area (Å²) in [7, 11) is 0. The molecule has 21 nitrogen and oxygen atoms in total. The summed E-state index contributed by atoms with van der Waals surface area (Å²) in [4.78, 5) is 117. The lowest BCUT2D eigenvalue weighted by molar-refractivity contribution is -0.140. The lowest BCUT2D eigenvalue weighted by atomic mass is 9.88. The summed E-state index contributed by atoms with van der Waals surface area (Å²) in [6.07, 6.45) is 20.3. The van der Waals surface area contributed by atoms with Crippen molar-refractivity contribution in [1.29, 1.82) is 0 Å². The molecule has 5 aliphatic rings. The number of nitrogens with zero attached hydrogens (tertiary/aromatic N) is 7. The minimum absolute atomic E-state index is 0.0760. The van der Waals surface area contributed by atoms with Gasteiger partial charge >= 0.3 is 11.9 Å². The van der Waals surface area contributed by atoms with Crippen LogP contribution >= 0.6 is 0 Å². The molecule has 0 aromatic heterocycles. The fraction of sp³-hybridized carbons (Fsp3) is 0.700. The summed E-state index contributed by atoms with van der Waals surface area (Å²) < 4.78 is 25.8. The maximum absolute atomic E-state index is 12.9. The second-order valence-electron chi connectivity index (χ2n) is 25.8. The van der Waals surface area contributed by atoms with Crippen molar-refractivity contribution < 1.29 is 62.1 Å². The molecule has 4 saturated heterocycles. The maximum Gasteiger partial charge on any atom is 0.317 e. The molecule has 93 heavy (non-hydrogen) atoms. The van der Waals surface area contributed by atoms with Gasteiger partial charge in [-0.2, -0.15) is 0 Å². The molecule has 7 rings (SSSR count). The van der Waals surface area contributed by atoms with Crippen molar-refractivity contribution in [2.75, 3.05) is 111 Å². The fourth-order valence-corrected chi connectivity index (χ4v) is 12.4. The van der Waals surface area contributed by atoms with E-state index in [-0.39, 0.29) is 80.6 Å². The Labute approximate surface area is 552 Å². The first kappa shape index (κ1) is 79.0. The van der Waals surface area contributed by atoms with E-state index in [1.165, 1.54) is 79.2 Å². The van der Waals surface area contributed by atoms with Gasteiger partial charge in [0.1, 0.15) is 12.3 Å². The number of carbonyl (C=O) groups is 9. The molecule has 5 aliphatic heterocycles. The number of unbranched alkanes of at least 4 members (excludes halogenated alkanes) is 9. The van der Waals surface area contributed by atoms with E-state index in [2.05, 4.69) is 65.3 Å². The van der Waals surface area contributed by atoms with E-state index in [0.717, 1.165) is 95.1 Å². The Morgan fingerprint density at radius 3 is 1.80 bits per heavy atom. The Morgan fingerprint density at radius 1 is 0.699 bits per heavy atom. The molecular weight excluding hydrogens is 1190 g/mol. The Morgan fingerprint density at radius 2 is 1.27 bits per heavy atom. The Bertz CT molecular complexity index is 2610. The molecule has 5 heterocycles. The Kier molecular flexibility index (Phi) is 37.0. The van der Waals surface area contributed by atoms with Crippen molar-refractivity contribution in [3.63, 3.8) is 0 Å². The molecule has 0 radical (unpaired) electrons. The number of rotatable bonds is 30. The van der Waals surface area contributed by atoms with Crippen LogP contribution in [0.1, 0.15) is 172 Å². The molecular formula is C70H112F2N10O11. The average molecular weight is 1310 g/mol. The number of nitrogens with one attached hydrogen (secondary N) is 3. The van der Waals surface area contributed by atoms with Crippen LogP contribution in [0.4, 0.5) is 8.78 Å². The minimum Gasteiger partial charge on any atom is -0.480 e. The number of aliphatic carboxylic acids is 2. The predicted molar refractivity (Wildman–Crippen MR) is 356 cm³/mol. The molecule has 5 N–H and O–H groups in total. The quantitative estimate of drug-likeness (QED) is 0.0384. The monoisotopic (exact) mass is 1310 g/mol. The molecule has 2 aromatic rings. The molecule has 3 unspecified atom stereocenters. The molecule has 0 spiro atoms. The van der Waals surface area contributed by atoms with Crippen molar-refractivity contribution in [3.05, 3.63) is 70.3 Å². The number of halogens is 2. The molecule has 3 atom stereocenters. The lowest BCUT2D eigenvalue weighted by Crippen LogP contribution is -2.49. The van der Waals surface area contributed by atoms with Crippen LogP contribution in [-0.2, 0) is 69.1 Å². The van der Waals surface area contributed by atoms with Gasteiger partial charge < -0.3 is 45.7 Å². The van der Waals surface area contributed by atoms with Gasteiger partial charge in [-0.15, -0.1) is 0 Å². The number of piperidine rings is 1. The summed E-state index contributed by atoms with van der Waals surface area (Å²) in [5.74, 6) is -4.66. The van der Waals surface area contributed by atoms with Crippen molar-refractivity contribution in [2.24, 2.45) is 11.8 Å². The van der Waals surface area contributed by atoms with Gasteiger partial charge in [-0.25, -0.2) is 8.78 Å². The number of carbonyl (C=O) groups excluding carboxylic acids is 7. The molecule has 6 amide bonds. The second kappa shape index (κ2) is 43.5. The predicted octanol–water partition coefficient (Wildman–Crippen LogP) is 7.18. The zero-order chi connectivity index (χ0) is 68.1. The lowest BCUT2D eigenvalue weighted by Gasteiger charge is -2.32. The number of hydrogen-bond donors (Lipinski definition) is 5. The minimum atomic E-state index is -2.77. The van der Waals surface area contributed by atoms with Crippen LogP contribution in [0.5, 0.6) is 0 Å². The van der Waals surface area contributed by atoms with Gasteiger partial charge in [0, 0.05) is 123 Å². The van der Waals surface area contributed by atoms with Crippen LogP contribution < -0.4 is 16.0 Å². The Hall–Kier alpha value is -6.43. The van der Waals surface area contributed by atoms with Crippen molar-refractivity contribution >= 4 is 54.2 Å². The number of benzene rings is 2. The van der Waals surface area contributed by atoms with Crippen molar-refractivity contribution in [1.82, 2.24) is 50.2 Å². The van der Waals surface area contributed by atoms with Gasteiger partial charge in [-0.3, -0.25) is 58.0 Å². The molecule has 2 aromatic carbocycles. The summed E-state index contributed by atoms with van der Waals surface area (Å²) in [5.41, 5.74) is 6.80. The van der Waals surface area contributed by atoms with E-state index in [4.69, 9.17) is 0 Å². The first-order chi connectivity index (χ1) is 44.6.